The zero-order chi connectivity index (χ0) is 22.0. The summed E-state index contributed by atoms with van der Waals surface area (Å²) in [5.41, 5.74) is 0.847. The second-order valence-electron chi connectivity index (χ2n) is 7.36. The van der Waals surface area contributed by atoms with E-state index < -0.39 is 16.3 Å². The summed E-state index contributed by atoms with van der Waals surface area (Å²) in [5.74, 6) is 0.418. The molecule has 3 heterocycles. The molecular formula is C21H21BrN2O5S2. The number of carbonyl (C=O) groups is 3. The highest BCUT2D eigenvalue weighted by Crippen LogP contribution is 2.42. The molecule has 2 saturated heterocycles. The fourth-order valence-corrected chi connectivity index (χ4v) is 6.33. The Morgan fingerprint density at radius 3 is 2.74 bits per heavy atom. The van der Waals surface area contributed by atoms with Crippen LogP contribution >= 0.6 is 39.0 Å². The third-order valence-corrected chi connectivity index (χ3v) is 8.80. The lowest BCUT2D eigenvalue weighted by Crippen LogP contribution is -2.74. The number of ether oxygens (including phenoxy) is 2. The van der Waals surface area contributed by atoms with E-state index in [1.807, 2.05) is 29.6 Å². The minimum absolute atomic E-state index is 0.139. The molecule has 164 valence electrons. The van der Waals surface area contributed by atoms with Crippen molar-refractivity contribution in [3.05, 3.63) is 52.2 Å². The normalized spacial score (nSPS) is 24.7. The third kappa shape index (κ3) is 4.75. The van der Waals surface area contributed by atoms with Gasteiger partial charge in [0.25, 0.3) is 0 Å². The van der Waals surface area contributed by atoms with Crippen LogP contribution in [0.1, 0.15) is 10.4 Å². The van der Waals surface area contributed by atoms with Crippen LogP contribution in [0.5, 0.6) is 5.75 Å². The van der Waals surface area contributed by atoms with Crippen LogP contribution < -0.4 is 10.1 Å². The Balaban J connectivity index is 1.29. The number of hydrogen-bond acceptors (Lipinski definition) is 7. The minimum Gasteiger partial charge on any atom is -0.497 e. The molecule has 0 radical (unpaired) electrons. The van der Waals surface area contributed by atoms with Crippen LogP contribution in [-0.2, 0) is 32.1 Å². The highest BCUT2D eigenvalue weighted by Gasteiger charge is 2.57. The molecule has 31 heavy (non-hydrogen) atoms. The Hall–Kier alpha value is -2.04. The van der Waals surface area contributed by atoms with Crippen molar-refractivity contribution >= 4 is 56.8 Å². The summed E-state index contributed by atoms with van der Waals surface area (Å²) in [6.45, 7) is 0.349. The summed E-state index contributed by atoms with van der Waals surface area (Å²) < 4.78 is 9.64. The molecule has 1 aromatic heterocycles. The van der Waals surface area contributed by atoms with Crippen LogP contribution in [-0.4, -0.2) is 57.8 Å². The molecule has 3 atom stereocenters. The Bertz CT molecular complexity index is 969. The number of rotatable bonds is 7. The summed E-state index contributed by atoms with van der Waals surface area (Å²) in [6.07, 6.45) is 0.263. The van der Waals surface area contributed by atoms with Gasteiger partial charge in [-0.1, -0.05) is 34.1 Å². The van der Waals surface area contributed by atoms with Crippen LogP contribution in [0.4, 0.5) is 0 Å². The standard InChI is InChI=1S/C21H21BrN2O5S2/c1-28-14-6-4-13(5-7-14)10-29-20(27)21(22)11-24-18(26)17(19(24)31-12-21)23-16(25)9-15-3-2-8-30-15/h2-8,17,19H,9-12H2,1H3,(H,23,25)/t17?,19-,21?/m1/s1. The number of halogens is 1. The first-order chi connectivity index (χ1) is 14.9. The number of hydrogen-bond donors (Lipinski definition) is 1. The molecule has 1 aromatic carbocycles. The van der Waals surface area contributed by atoms with E-state index >= 15 is 0 Å². The van der Waals surface area contributed by atoms with Gasteiger partial charge in [0.05, 0.1) is 13.5 Å². The lowest BCUT2D eigenvalue weighted by Gasteiger charge is -2.52. The van der Waals surface area contributed by atoms with Crippen molar-refractivity contribution in [3.63, 3.8) is 0 Å². The van der Waals surface area contributed by atoms with E-state index in [1.165, 1.54) is 23.1 Å². The number of amides is 2. The quantitative estimate of drug-likeness (QED) is 0.340. The van der Waals surface area contributed by atoms with Gasteiger partial charge in [0.2, 0.25) is 11.8 Å². The number of nitrogens with zero attached hydrogens (tertiary/aromatic N) is 1. The van der Waals surface area contributed by atoms with Gasteiger partial charge in [0.1, 0.15) is 28.1 Å². The van der Waals surface area contributed by atoms with E-state index in [0.717, 1.165) is 16.2 Å². The number of nitrogens with one attached hydrogen (secondary N) is 1. The van der Waals surface area contributed by atoms with Gasteiger partial charge >= 0.3 is 5.97 Å². The maximum absolute atomic E-state index is 12.7. The van der Waals surface area contributed by atoms with Crippen molar-refractivity contribution in [2.24, 2.45) is 0 Å². The smallest absolute Gasteiger partial charge is 0.325 e. The van der Waals surface area contributed by atoms with Crippen molar-refractivity contribution < 1.29 is 23.9 Å². The molecule has 0 saturated carbocycles. The van der Waals surface area contributed by atoms with Crippen LogP contribution in [0, 0.1) is 0 Å². The molecule has 4 rings (SSSR count). The van der Waals surface area contributed by atoms with E-state index in [4.69, 9.17) is 9.47 Å². The molecule has 2 aromatic rings. The van der Waals surface area contributed by atoms with Gasteiger partial charge in [-0.15, -0.1) is 23.1 Å². The van der Waals surface area contributed by atoms with Crippen LogP contribution in [0.3, 0.4) is 0 Å². The summed E-state index contributed by atoms with van der Waals surface area (Å²) in [6, 6.07) is 10.5. The Morgan fingerprint density at radius 1 is 1.29 bits per heavy atom. The second kappa shape index (κ2) is 9.22. The van der Waals surface area contributed by atoms with E-state index in [2.05, 4.69) is 21.2 Å². The van der Waals surface area contributed by atoms with Crippen molar-refractivity contribution in [3.8, 4) is 5.75 Å². The molecule has 2 aliphatic heterocycles. The fourth-order valence-electron chi connectivity index (χ4n) is 3.46. The molecule has 1 N–H and O–H groups in total. The first-order valence-electron chi connectivity index (χ1n) is 9.62. The molecule has 2 unspecified atom stereocenters. The zero-order valence-corrected chi connectivity index (χ0v) is 19.9. The first kappa shape index (κ1) is 22.2. The Morgan fingerprint density at radius 2 is 2.06 bits per heavy atom. The van der Waals surface area contributed by atoms with Crippen LogP contribution in [0.25, 0.3) is 0 Å². The van der Waals surface area contributed by atoms with Crippen molar-refractivity contribution in [1.29, 1.82) is 0 Å². The lowest BCUT2D eigenvalue weighted by atomic mass is 10.0. The van der Waals surface area contributed by atoms with E-state index in [1.54, 1.807) is 24.1 Å². The van der Waals surface area contributed by atoms with Gasteiger partial charge in [-0.3, -0.25) is 14.4 Å². The topological polar surface area (TPSA) is 84.9 Å². The number of thiophene rings is 1. The highest BCUT2D eigenvalue weighted by molar-refractivity contribution is 9.10. The van der Waals surface area contributed by atoms with Gasteiger partial charge in [-0.25, -0.2) is 0 Å². The lowest BCUT2D eigenvalue weighted by molar-refractivity contribution is -0.154. The van der Waals surface area contributed by atoms with Gasteiger partial charge < -0.3 is 19.7 Å². The number of methoxy groups -OCH3 is 1. The number of alkyl halides is 1. The Labute approximate surface area is 196 Å². The van der Waals surface area contributed by atoms with Crippen molar-refractivity contribution in [2.45, 2.75) is 28.8 Å². The summed E-state index contributed by atoms with van der Waals surface area (Å²) >= 11 is 6.48. The van der Waals surface area contributed by atoms with Crippen molar-refractivity contribution in [1.82, 2.24) is 10.2 Å². The molecule has 7 nitrogen and oxygen atoms in total. The number of benzene rings is 1. The molecule has 2 aliphatic rings. The molecule has 0 aliphatic carbocycles. The number of fused-ring (bicyclic) bond motifs is 1. The largest absolute Gasteiger partial charge is 0.497 e. The average Bonchev–Trinajstić information content (AvgIpc) is 3.29. The minimum atomic E-state index is -0.970. The molecule has 0 bridgehead atoms. The number of thioether (sulfide) groups is 1. The first-order valence-corrected chi connectivity index (χ1v) is 12.3. The Kier molecular flexibility index (Phi) is 6.59. The van der Waals surface area contributed by atoms with Gasteiger partial charge in [-0.2, -0.15) is 0 Å². The van der Waals surface area contributed by atoms with E-state index in [-0.39, 0.29) is 36.8 Å². The third-order valence-electron chi connectivity index (χ3n) is 5.17. The predicted molar refractivity (Wildman–Crippen MR) is 122 cm³/mol. The number of carbonyl (C=O) groups excluding carboxylic acids is 3. The summed E-state index contributed by atoms with van der Waals surface area (Å²) in [7, 11) is 1.59. The molecular weight excluding hydrogens is 504 g/mol. The maximum atomic E-state index is 12.7. The monoisotopic (exact) mass is 524 g/mol. The van der Waals surface area contributed by atoms with E-state index in [0.29, 0.717) is 5.75 Å². The van der Waals surface area contributed by atoms with Crippen molar-refractivity contribution in [2.75, 3.05) is 19.4 Å². The van der Waals surface area contributed by atoms with Crippen LogP contribution in [0.15, 0.2) is 41.8 Å². The maximum Gasteiger partial charge on any atom is 0.325 e. The molecule has 2 amide bonds. The number of esters is 1. The van der Waals surface area contributed by atoms with Crippen LogP contribution in [0.2, 0.25) is 0 Å². The summed E-state index contributed by atoms with van der Waals surface area (Å²) in [5, 5.41) is 4.58. The van der Waals surface area contributed by atoms with Gasteiger partial charge in [0.15, 0.2) is 0 Å². The molecule has 10 heteroatoms. The van der Waals surface area contributed by atoms with E-state index in [9.17, 15) is 14.4 Å². The molecule has 0 spiro atoms. The highest BCUT2D eigenvalue weighted by atomic mass is 79.9. The zero-order valence-electron chi connectivity index (χ0n) is 16.7. The van der Waals surface area contributed by atoms with Gasteiger partial charge in [-0.05, 0) is 29.1 Å². The predicted octanol–water partition coefficient (Wildman–Crippen LogP) is 2.58. The second-order valence-corrected chi connectivity index (χ2v) is 11.0. The fraction of sp³-hybridized carbons (Fsp3) is 0.381. The SMILES string of the molecule is COc1ccc(COC(=O)C2(Br)CS[C@@H]3C(NC(=O)Cc4cccs4)C(=O)N3C2)cc1. The number of β-lactam (4-membered cyclic amide) rings is 1. The average molecular weight is 525 g/mol. The van der Waals surface area contributed by atoms with Gasteiger partial charge in [0, 0.05) is 17.2 Å². The summed E-state index contributed by atoms with van der Waals surface area (Å²) in [4.78, 5) is 40.1. The molecule has 2 fully saturated rings.